The zero-order chi connectivity index (χ0) is 12.6. The molecule has 0 saturated carbocycles. The van der Waals surface area contributed by atoms with E-state index in [0.717, 1.165) is 0 Å². The number of halogens is 3. The van der Waals surface area contributed by atoms with Crippen molar-refractivity contribution in [1.29, 1.82) is 0 Å². The van der Waals surface area contributed by atoms with E-state index in [4.69, 9.17) is 5.11 Å². The van der Waals surface area contributed by atoms with Crippen LogP contribution in [-0.4, -0.2) is 42.9 Å². The van der Waals surface area contributed by atoms with Crippen molar-refractivity contribution in [3.8, 4) is 0 Å². The maximum atomic E-state index is 11.7. The second-order valence-electron chi connectivity index (χ2n) is 3.40. The highest BCUT2D eigenvalue weighted by atomic mass is 19.4. The van der Waals surface area contributed by atoms with Crippen LogP contribution in [0.4, 0.5) is 13.2 Å². The number of rotatable bonds is 7. The first-order valence-electron chi connectivity index (χ1n) is 5.06. The van der Waals surface area contributed by atoms with E-state index in [0.29, 0.717) is 12.8 Å². The molecule has 4 nitrogen and oxygen atoms in total. The quantitative estimate of drug-likeness (QED) is 0.606. The van der Waals surface area contributed by atoms with Crippen LogP contribution in [0.3, 0.4) is 0 Å². The van der Waals surface area contributed by atoms with E-state index >= 15 is 0 Å². The Labute approximate surface area is 92.2 Å². The van der Waals surface area contributed by atoms with Crippen molar-refractivity contribution >= 4 is 5.91 Å². The third-order valence-electron chi connectivity index (χ3n) is 1.95. The number of alkyl halides is 3. The Balaban J connectivity index is 3.72. The van der Waals surface area contributed by atoms with Crippen molar-refractivity contribution in [1.82, 2.24) is 10.6 Å². The average molecular weight is 242 g/mol. The number of nitrogens with one attached hydrogen (secondary N) is 2. The first-order valence-corrected chi connectivity index (χ1v) is 5.06. The van der Waals surface area contributed by atoms with Gasteiger partial charge in [-0.15, -0.1) is 0 Å². The Morgan fingerprint density at radius 3 is 2.50 bits per heavy atom. The highest BCUT2D eigenvalue weighted by Gasteiger charge is 2.26. The summed E-state index contributed by atoms with van der Waals surface area (Å²) in [5.74, 6) is -0.496. The largest absolute Gasteiger partial charge is 0.401 e. The van der Waals surface area contributed by atoms with Crippen LogP contribution in [0.15, 0.2) is 0 Å². The molecule has 0 aliphatic rings. The third-order valence-corrected chi connectivity index (χ3v) is 1.95. The van der Waals surface area contributed by atoms with Crippen LogP contribution in [0.1, 0.15) is 19.8 Å². The molecule has 1 amide bonds. The Morgan fingerprint density at radius 1 is 1.44 bits per heavy atom. The number of hydrogen-bond acceptors (Lipinski definition) is 3. The number of hydrogen-bond donors (Lipinski definition) is 3. The number of carbonyl (C=O) groups excluding carboxylic acids is 1. The van der Waals surface area contributed by atoms with E-state index in [-0.39, 0.29) is 19.2 Å². The van der Waals surface area contributed by atoms with E-state index < -0.39 is 18.6 Å². The predicted molar refractivity (Wildman–Crippen MR) is 52.8 cm³/mol. The topological polar surface area (TPSA) is 61.4 Å². The van der Waals surface area contributed by atoms with E-state index in [9.17, 15) is 18.0 Å². The van der Waals surface area contributed by atoms with Crippen molar-refractivity contribution in [3.05, 3.63) is 0 Å². The van der Waals surface area contributed by atoms with Crippen LogP contribution in [0.5, 0.6) is 0 Å². The minimum Gasteiger partial charge on any atom is -0.396 e. The Bertz CT molecular complexity index is 209. The fraction of sp³-hybridized carbons (Fsp3) is 0.889. The minimum atomic E-state index is -4.31. The molecule has 0 heterocycles. The zero-order valence-electron chi connectivity index (χ0n) is 9.10. The molecule has 0 rings (SSSR count). The van der Waals surface area contributed by atoms with Crippen LogP contribution in [0.2, 0.25) is 0 Å². The highest BCUT2D eigenvalue weighted by molar-refractivity contribution is 5.78. The molecule has 0 aromatic rings. The van der Waals surface area contributed by atoms with Gasteiger partial charge in [0.15, 0.2) is 0 Å². The number of carbonyl (C=O) groups is 1. The van der Waals surface area contributed by atoms with Gasteiger partial charge in [0.1, 0.15) is 0 Å². The highest BCUT2D eigenvalue weighted by Crippen LogP contribution is 2.11. The SMILES string of the molecule is CCC(CCO)NC(=O)CNCC(F)(F)F. The predicted octanol–water partition coefficient (Wildman–Crippen LogP) is 0.415. The maximum absolute atomic E-state index is 11.7. The van der Waals surface area contributed by atoms with Crippen molar-refractivity contribution < 1.29 is 23.1 Å². The number of aliphatic hydroxyl groups excluding tert-OH is 1. The second kappa shape index (κ2) is 7.45. The van der Waals surface area contributed by atoms with E-state index in [1.54, 1.807) is 0 Å². The monoisotopic (exact) mass is 242 g/mol. The summed E-state index contributed by atoms with van der Waals surface area (Å²) in [5, 5.41) is 13.2. The molecule has 0 aliphatic carbocycles. The lowest BCUT2D eigenvalue weighted by atomic mass is 10.1. The normalized spacial score (nSPS) is 13.6. The number of aliphatic hydroxyl groups is 1. The first kappa shape index (κ1) is 15.2. The summed E-state index contributed by atoms with van der Waals surface area (Å²) in [7, 11) is 0. The average Bonchev–Trinajstić information content (AvgIpc) is 2.15. The molecule has 0 spiro atoms. The third kappa shape index (κ3) is 8.49. The van der Waals surface area contributed by atoms with Crippen molar-refractivity contribution in [2.45, 2.75) is 32.0 Å². The van der Waals surface area contributed by atoms with Gasteiger partial charge in [-0.25, -0.2) is 0 Å². The van der Waals surface area contributed by atoms with Gasteiger partial charge in [-0.2, -0.15) is 13.2 Å². The summed E-state index contributed by atoms with van der Waals surface area (Å²) in [6.45, 7) is 0.206. The van der Waals surface area contributed by atoms with E-state index in [1.807, 2.05) is 12.2 Å². The molecule has 3 N–H and O–H groups in total. The van der Waals surface area contributed by atoms with Gasteiger partial charge < -0.3 is 15.7 Å². The standard InChI is InChI=1S/C9H17F3N2O2/c1-2-7(3-4-15)14-8(16)5-13-6-9(10,11)12/h7,13,15H,2-6H2,1H3,(H,14,16). The van der Waals surface area contributed by atoms with Gasteiger partial charge in [0.2, 0.25) is 5.91 Å². The Hall–Kier alpha value is -0.820. The lowest BCUT2D eigenvalue weighted by Crippen LogP contribution is -2.42. The fourth-order valence-electron chi connectivity index (χ4n) is 1.13. The van der Waals surface area contributed by atoms with Gasteiger partial charge in [-0.1, -0.05) is 6.92 Å². The van der Waals surface area contributed by atoms with Gasteiger partial charge in [0.05, 0.1) is 13.1 Å². The van der Waals surface area contributed by atoms with Crippen LogP contribution < -0.4 is 10.6 Å². The molecule has 0 aromatic heterocycles. The summed E-state index contributed by atoms with van der Waals surface area (Å²) in [5.41, 5.74) is 0. The molecule has 7 heteroatoms. The molecule has 16 heavy (non-hydrogen) atoms. The smallest absolute Gasteiger partial charge is 0.396 e. The summed E-state index contributed by atoms with van der Waals surface area (Å²) in [6, 6.07) is -0.190. The zero-order valence-corrected chi connectivity index (χ0v) is 9.10. The van der Waals surface area contributed by atoms with Crippen LogP contribution >= 0.6 is 0 Å². The lowest BCUT2D eigenvalue weighted by molar-refractivity contribution is -0.128. The molecule has 96 valence electrons. The Morgan fingerprint density at radius 2 is 2.06 bits per heavy atom. The molecule has 0 saturated heterocycles. The molecule has 0 aliphatic heterocycles. The first-order chi connectivity index (χ1) is 7.39. The fourth-order valence-corrected chi connectivity index (χ4v) is 1.13. The Kier molecular flexibility index (Phi) is 7.07. The molecule has 1 atom stereocenters. The number of amides is 1. The summed E-state index contributed by atoms with van der Waals surface area (Å²) in [6.07, 6.45) is -3.28. The van der Waals surface area contributed by atoms with Gasteiger partial charge in [0, 0.05) is 12.6 Å². The lowest BCUT2D eigenvalue weighted by Gasteiger charge is -2.16. The molecule has 0 bridgehead atoms. The summed E-state index contributed by atoms with van der Waals surface area (Å²) in [4.78, 5) is 11.2. The van der Waals surface area contributed by atoms with Crippen LogP contribution in [-0.2, 0) is 4.79 Å². The van der Waals surface area contributed by atoms with Crippen molar-refractivity contribution in [2.24, 2.45) is 0 Å². The van der Waals surface area contributed by atoms with Gasteiger partial charge in [0.25, 0.3) is 0 Å². The molecular formula is C9H17F3N2O2. The van der Waals surface area contributed by atoms with E-state index in [2.05, 4.69) is 5.32 Å². The van der Waals surface area contributed by atoms with Crippen molar-refractivity contribution in [2.75, 3.05) is 19.7 Å². The van der Waals surface area contributed by atoms with Crippen LogP contribution in [0, 0.1) is 0 Å². The molecule has 0 aromatic carbocycles. The summed E-state index contributed by atoms with van der Waals surface area (Å²) < 4.78 is 35.2. The van der Waals surface area contributed by atoms with Crippen molar-refractivity contribution in [3.63, 3.8) is 0 Å². The van der Waals surface area contributed by atoms with Gasteiger partial charge in [-0.3, -0.25) is 4.79 Å². The maximum Gasteiger partial charge on any atom is 0.401 e. The second-order valence-corrected chi connectivity index (χ2v) is 3.40. The molecule has 0 fully saturated rings. The van der Waals surface area contributed by atoms with Gasteiger partial charge in [-0.05, 0) is 12.8 Å². The molecule has 0 radical (unpaired) electrons. The molecule has 1 unspecified atom stereocenters. The van der Waals surface area contributed by atoms with Gasteiger partial charge >= 0.3 is 6.18 Å². The summed E-state index contributed by atoms with van der Waals surface area (Å²) >= 11 is 0. The minimum absolute atomic E-state index is 0.0607. The van der Waals surface area contributed by atoms with E-state index in [1.165, 1.54) is 0 Å². The van der Waals surface area contributed by atoms with Crippen LogP contribution in [0.25, 0.3) is 0 Å². The molecular weight excluding hydrogens is 225 g/mol.